The van der Waals surface area contributed by atoms with Gasteiger partial charge in [0, 0.05) is 13.1 Å². The Bertz CT molecular complexity index is 658. The Morgan fingerprint density at radius 1 is 1.24 bits per heavy atom. The molecule has 2 aromatic rings. The van der Waals surface area contributed by atoms with Crippen molar-refractivity contribution < 1.29 is 4.74 Å². The molecule has 7 heteroatoms. The predicted molar refractivity (Wildman–Crippen MR) is 82.9 cm³/mol. The van der Waals surface area contributed by atoms with Crippen LogP contribution in [0.3, 0.4) is 0 Å². The van der Waals surface area contributed by atoms with Crippen molar-refractivity contribution >= 4 is 18.4 Å². The van der Waals surface area contributed by atoms with E-state index in [-0.39, 0.29) is 0 Å². The second-order valence-electron chi connectivity index (χ2n) is 4.78. The largest absolute Gasteiger partial charge is 0.379 e. The number of ether oxygens (including phenoxy) is 1. The van der Waals surface area contributed by atoms with Crippen molar-refractivity contribution in [1.82, 2.24) is 19.4 Å². The summed E-state index contributed by atoms with van der Waals surface area (Å²) in [6.45, 7) is 4.01. The number of hydrogen-bond donors (Lipinski definition) is 0. The molecule has 1 aromatic heterocycles. The molecule has 0 atom stereocenters. The minimum absolute atomic E-state index is 0.591. The summed E-state index contributed by atoms with van der Waals surface area (Å²) < 4.78 is 9.32. The van der Waals surface area contributed by atoms with Crippen LogP contribution in [0.4, 0.5) is 0 Å². The van der Waals surface area contributed by atoms with Gasteiger partial charge in [0.1, 0.15) is 6.33 Å². The second-order valence-corrected chi connectivity index (χ2v) is 5.15. The molecule has 0 spiro atoms. The average molecular weight is 303 g/mol. The first-order chi connectivity index (χ1) is 10.3. The molecule has 0 bridgehead atoms. The molecule has 1 aliphatic rings. The SMILES string of the molecule is S=c1n(/N=C/c2ccccc2)cnn1CN1CCOCC1. The van der Waals surface area contributed by atoms with Crippen LogP contribution in [0.15, 0.2) is 41.8 Å². The number of nitrogens with zero attached hydrogens (tertiary/aromatic N) is 5. The highest BCUT2D eigenvalue weighted by Crippen LogP contribution is 2.02. The Labute approximate surface area is 128 Å². The first kappa shape index (κ1) is 14.1. The van der Waals surface area contributed by atoms with E-state index in [2.05, 4.69) is 15.1 Å². The third kappa shape index (κ3) is 3.63. The molecular formula is C14H17N5OS. The van der Waals surface area contributed by atoms with E-state index in [1.807, 2.05) is 30.3 Å². The van der Waals surface area contributed by atoms with Crippen LogP contribution in [0.25, 0.3) is 0 Å². The van der Waals surface area contributed by atoms with E-state index >= 15 is 0 Å². The van der Waals surface area contributed by atoms with Gasteiger partial charge in [0.25, 0.3) is 0 Å². The summed E-state index contributed by atoms with van der Waals surface area (Å²) in [7, 11) is 0. The molecule has 6 nitrogen and oxygen atoms in total. The highest BCUT2D eigenvalue weighted by molar-refractivity contribution is 7.71. The van der Waals surface area contributed by atoms with E-state index in [4.69, 9.17) is 17.0 Å². The number of rotatable bonds is 4. The summed E-state index contributed by atoms with van der Waals surface area (Å²) in [5.74, 6) is 0. The lowest BCUT2D eigenvalue weighted by atomic mass is 10.2. The third-order valence-corrected chi connectivity index (χ3v) is 3.68. The van der Waals surface area contributed by atoms with Gasteiger partial charge in [-0.3, -0.25) is 4.90 Å². The molecule has 0 saturated carbocycles. The van der Waals surface area contributed by atoms with Crippen LogP contribution >= 0.6 is 12.2 Å². The van der Waals surface area contributed by atoms with Gasteiger partial charge in [-0.1, -0.05) is 30.3 Å². The molecule has 3 rings (SSSR count). The number of aromatic nitrogens is 3. The van der Waals surface area contributed by atoms with Gasteiger partial charge < -0.3 is 4.74 Å². The van der Waals surface area contributed by atoms with E-state index in [1.165, 1.54) is 0 Å². The fraction of sp³-hybridized carbons (Fsp3) is 0.357. The highest BCUT2D eigenvalue weighted by atomic mass is 32.1. The van der Waals surface area contributed by atoms with Crippen molar-refractivity contribution in [2.24, 2.45) is 5.10 Å². The van der Waals surface area contributed by atoms with Crippen molar-refractivity contribution in [1.29, 1.82) is 0 Å². The van der Waals surface area contributed by atoms with Gasteiger partial charge >= 0.3 is 0 Å². The maximum atomic E-state index is 5.40. The second kappa shape index (κ2) is 6.75. The van der Waals surface area contributed by atoms with Gasteiger partial charge in [-0.05, 0) is 17.8 Å². The third-order valence-electron chi connectivity index (χ3n) is 3.29. The molecule has 0 radical (unpaired) electrons. The van der Waals surface area contributed by atoms with Gasteiger partial charge in [-0.2, -0.15) is 14.9 Å². The first-order valence-electron chi connectivity index (χ1n) is 6.87. The number of morpholine rings is 1. The van der Waals surface area contributed by atoms with Crippen LogP contribution in [0.1, 0.15) is 5.56 Å². The van der Waals surface area contributed by atoms with Gasteiger partial charge in [0.2, 0.25) is 4.77 Å². The van der Waals surface area contributed by atoms with Crippen LogP contribution in [0.5, 0.6) is 0 Å². The molecule has 0 aliphatic carbocycles. The summed E-state index contributed by atoms with van der Waals surface area (Å²) in [6.07, 6.45) is 3.42. The summed E-state index contributed by atoms with van der Waals surface area (Å²) in [5, 5.41) is 8.65. The fourth-order valence-corrected chi connectivity index (χ4v) is 2.30. The Balaban J connectivity index is 1.70. The van der Waals surface area contributed by atoms with Crippen LogP contribution in [-0.4, -0.2) is 51.9 Å². The molecule has 110 valence electrons. The van der Waals surface area contributed by atoms with Gasteiger partial charge in [-0.25, -0.2) is 4.68 Å². The maximum absolute atomic E-state index is 5.40. The lowest BCUT2D eigenvalue weighted by Crippen LogP contribution is -2.37. The zero-order chi connectivity index (χ0) is 14.5. The molecular weight excluding hydrogens is 286 g/mol. The average Bonchev–Trinajstić information content (AvgIpc) is 2.88. The van der Waals surface area contributed by atoms with Crippen LogP contribution < -0.4 is 0 Å². The molecule has 1 aromatic carbocycles. The molecule has 0 amide bonds. The van der Waals surface area contributed by atoms with Crippen molar-refractivity contribution in [3.8, 4) is 0 Å². The van der Waals surface area contributed by atoms with Crippen molar-refractivity contribution in [2.45, 2.75) is 6.67 Å². The van der Waals surface area contributed by atoms with Gasteiger partial charge in [0.15, 0.2) is 0 Å². The van der Waals surface area contributed by atoms with E-state index in [9.17, 15) is 0 Å². The summed E-state index contributed by atoms with van der Waals surface area (Å²) >= 11 is 5.40. The zero-order valence-electron chi connectivity index (χ0n) is 11.6. The lowest BCUT2D eigenvalue weighted by molar-refractivity contribution is 0.0209. The standard InChI is InChI=1S/C14H17N5OS/c21-14-18(15-10-13-4-2-1-3-5-13)11-16-19(14)12-17-6-8-20-9-7-17/h1-5,10-11H,6-9,12H2/b15-10+. The molecule has 2 heterocycles. The normalized spacial score (nSPS) is 16.6. The Morgan fingerprint density at radius 3 is 2.76 bits per heavy atom. The quantitative estimate of drug-likeness (QED) is 0.636. The van der Waals surface area contributed by atoms with E-state index < -0.39 is 0 Å². The number of hydrogen-bond acceptors (Lipinski definition) is 5. The number of benzene rings is 1. The smallest absolute Gasteiger partial charge is 0.220 e. The minimum atomic E-state index is 0.591. The van der Waals surface area contributed by atoms with Crippen LogP contribution in [-0.2, 0) is 11.4 Å². The minimum Gasteiger partial charge on any atom is -0.379 e. The molecule has 1 saturated heterocycles. The molecule has 0 N–H and O–H groups in total. The summed E-state index contributed by atoms with van der Waals surface area (Å²) in [5.41, 5.74) is 1.03. The first-order valence-corrected chi connectivity index (χ1v) is 7.28. The van der Waals surface area contributed by atoms with E-state index in [0.717, 1.165) is 31.9 Å². The van der Waals surface area contributed by atoms with Crippen molar-refractivity contribution in [3.63, 3.8) is 0 Å². The zero-order valence-corrected chi connectivity index (χ0v) is 12.4. The molecule has 21 heavy (non-hydrogen) atoms. The molecule has 1 aliphatic heterocycles. The van der Waals surface area contributed by atoms with Crippen LogP contribution in [0, 0.1) is 4.77 Å². The van der Waals surface area contributed by atoms with Gasteiger partial charge in [0.05, 0.1) is 26.1 Å². The Hall–Kier alpha value is -1.83. The van der Waals surface area contributed by atoms with Crippen molar-refractivity contribution in [3.05, 3.63) is 47.0 Å². The highest BCUT2D eigenvalue weighted by Gasteiger charge is 2.12. The topological polar surface area (TPSA) is 47.6 Å². The van der Waals surface area contributed by atoms with Crippen LogP contribution in [0.2, 0.25) is 0 Å². The maximum Gasteiger partial charge on any atom is 0.220 e. The Morgan fingerprint density at radius 2 is 2.00 bits per heavy atom. The molecule has 0 unspecified atom stereocenters. The predicted octanol–water partition coefficient (Wildman–Crippen LogP) is 1.59. The lowest BCUT2D eigenvalue weighted by Gasteiger charge is -2.25. The Kier molecular flexibility index (Phi) is 4.54. The summed E-state index contributed by atoms with van der Waals surface area (Å²) in [6, 6.07) is 9.91. The fourth-order valence-electron chi connectivity index (χ4n) is 2.10. The molecule has 1 fully saturated rings. The van der Waals surface area contributed by atoms with E-state index in [1.54, 1.807) is 21.9 Å². The van der Waals surface area contributed by atoms with E-state index in [0.29, 0.717) is 11.4 Å². The van der Waals surface area contributed by atoms with Crippen molar-refractivity contribution in [2.75, 3.05) is 26.3 Å². The van der Waals surface area contributed by atoms with Gasteiger partial charge in [-0.15, -0.1) is 0 Å². The summed E-state index contributed by atoms with van der Waals surface area (Å²) in [4.78, 5) is 2.26. The monoisotopic (exact) mass is 303 g/mol.